The van der Waals surface area contributed by atoms with Gasteiger partial charge in [-0.25, -0.2) is 8.78 Å². The minimum atomic E-state index is -2.98. The molecule has 1 heterocycles. The second kappa shape index (κ2) is 4.26. The van der Waals surface area contributed by atoms with Crippen LogP contribution in [0.4, 0.5) is 14.5 Å². The summed E-state index contributed by atoms with van der Waals surface area (Å²) in [6.45, 7) is 0.726. The number of pyridine rings is 1. The maximum atomic E-state index is 12.4. The van der Waals surface area contributed by atoms with Crippen LogP contribution in [0, 0.1) is 17.0 Å². The largest absolute Gasteiger partial charge is 0.391 e. The van der Waals surface area contributed by atoms with E-state index >= 15 is 0 Å². The average Bonchev–Trinajstić information content (AvgIpc) is 2.16. The molecule has 5 nitrogen and oxygen atoms in total. The first-order valence-electron chi connectivity index (χ1n) is 4.00. The number of aliphatic hydroxyl groups excluding tert-OH is 1. The quantitative estimate of drug-likeness (QED) is 0.619. The smallest absolute Gasteiger partial charge is 0.287 e. The van der Waals surface area contributed by atoms with E-state index in [1.807, 2.05) is 0 Å². The van der Waals surface area contributed by atoms with Crippen molar-refractivity contribution in [2.24, 2.45) is 0 Å². The summed E-state index contributed by atoms with van der Waals surface area (Å²) in [5, 5.41) is 19.5. The lowest BCUT2D eigenvalue weighted by atomic mass is 10.1. The van der Waals surface area contributed by atoms with Gasteiger partial charge in [-0.05, 0) is 6.92 Å². The van der Waals surface area contributed by atoms with Crippen molar-refractivity contribution in [2.45, 2.75) is 20.0 Å². The Balaban J connectivity index is 3.49. The number of aromatic nitrogens is 1. The number of hydrogen-bond acceptors (Lipinski definition) is 4. The normalized spacial score (nSPS) is 10.7. The molecule has 0 fully saturated rings. The molecule has 15 heavy (non-hydrogen) atoms. The highest BCUT2D eigenvalue weighted by molar-refractivity contribution is 5.48. The van der Waals surface area contributed by atoms with Gasteiger partial charge >= 0.3 is 0 Å². The van der Waals surface area contributed by atoms with Crippen LogP contribution in [0.2, 0.25) is 0 Å². The zero-order valence-corrected chi connectivity index (χ0v) is 7.78. The molecule has 0 saturated heterocycles. The Morgan fingerprint density at radius 2 is 2.27 bits per heavy atom. The molecule has 1 aromatic heterocycles. The topological polar surface area (TPSA) is 76.3 Å². The number of alkyl halides is 2. The highest BCUT2D eigenvalue weighted by atomic mass is 19.3. The number of hydrogen-bond donors (Lipinski definition) is 1. The molecule has 0 aliphatic rings. The number of nitrogens with zero attached hydrogens (tertiary/aromatic N) is 2. The van der Waals surface area contributed by atoms with E-state index in [-0.39, 0.29) is 11.3 Å². The van der Waals surface area contributed by atoms with E-state index in [1.165, 1.54) is 6.92 Å². The van der Waals surface area contributed by atoms with Crippen molar-refractivity contribution in [1.29, 1.82) is 0 Å². The third kappa shape index (κ3) is 2.07. The Kier molecular flexibility index (Phi) is 3.25. The van der Waals surface area contributed by atoms with Crippen molar-refractivity contribution in [1.82, 2.24) is 4.98 Å². The lowest BCUT2D eigenvalue weighted by Crippen LogP contribution is -2.05. The molecule has 7 heteroatoms. The van der Waals surface area contributed by atoms with Crippen LogP contribution in [-0.2, 0) is 6.61 Å². The summed E-state index contributed by atoms with van der Waals surface area (Å²) in [5.74, 6) is 0. The van der Waals surface area contributed by atoms with Crippen LogP contribution in [0.3, 0.4) is 0 Å². The first-order valence-corrected chi connectivity index (χ1v) is 4.00. The monoisotopic (exact) mass is 218 g/mol. The average molecular weight is 218 g/mol. The number of nitro groups is 1. The minimum Gasteiger partial charge on any atom is -0.391 e. The molecule has 0 amide bonds. The van der Waals surface area contributed by atoms with E-state index in [1.54, 1.807) is 0 Å². The van der Waals surface area contributed by atoms with Crippen molar-refractivity contribution in [3.05, 3.63) is 33.1 Å². The molecular weight excluding hydrogens is 210 g/mol. The number of rotatable bonds is 3. The van der Waals surface area contributed by atoms with Gasteiger partial charge in [-0.15, -0.1) is 0 Å². The summed E-state index contributed by atoms with van der Waals surface area (Å²) in [5.41, 5.74) is -1.51. The fourth-order valence-electron chi connectivity index (χ4n) is 1.22. The molecule has 0 atom stereocenters. The first kappa shape index (κ1) is 11.4. The highest BCUT2D eigenvalue weighted by Crippen LogP contribution is 2.32. The van der Waals surface area contributed by atoms with Crippen molar-refractivity contribution < 1.29 is 18.8 Å². The molecule has 0 aliphatic heterocycles. The Bertz CT molecular complexity index is 396. The van der Waals surface area contributed by atoms with Gasteiger partial charge in [0.1, 0.15) is 5.56 Å². The van der Waals surface area contributed by atoms with Crippen molar-refractivity contribution in [3.8, 4) is 0 Å². The molecule has 0 radical (unpaired) electrons. The van der Waals surface area contributed by atoms with E-state index in [4.69, 9.17) is 5.11 Å². The molecule has 0 unspecified atom stereocenters. The van der Waals surface area contributed by atoms with Gasteiger partial charge in [0, 0.05) is 11.9 Å². The lowest BCUT2D eigenvalue weighted by molar-refractivity contribution is -0.387. The van der Waals surface area contributed by atoms with E-state index in [0.717, 1.165) is 6.20 Å². The van der Waals surface area contributed by atoms with Crippen molar-refractivity contribution in [3.63, 3.8) is 0 Å². The van der Waals surface area contributed by atoms with E-state index in [9.17, 15) is 18.9 Å². The molecule has 0 spiro atoms. The third-order valence-electron chi connectivity index (χ3n) is 1.97. The summed E-state index contributed by atoms with van der Waals surface area (Å²) in [6, 6.07) is 0. The van der Waals surface area contributed by atoms with Gasteiger partial charge in [-0.3, -0.25) is 15.1 Å². The number of aliphatic hydroxyl groups is 1. The van der Waals surface area contributed by atoms with Gasteiger partial charge in [-0.2, -0.15) is 0 Å². The summed E-state index contributed by atoms with van der Waals surface area (Å²) >= 11 is 0. The predicted octanol–water partition coefficient (Wildman–Crippen LogP) is 1.73. The SMILES string of the molecule is Cc1ncc(C(F)F)c([N+](=O)[O-])c1CO. The predicted molar refractivity (Wildman–Crippen MR) is 46.5 cm³/mol. The van der Waals surface area contributed by atoms with Crippen molar-refractivity contribution >= 4 is 5.69 Å². The van der Waals surface area contributed by atoms with Gasteiger partial charge in [0.2, 0.25) is 0 Å². The summed E-state index contributed by atoms with van der Waals surface area (Å²) in [6.07, 6.45) is -2.22. The second-order valence-corrected chi connectivity index (χ2v) is 2.84. The molecule has 82 valence electrons. The van der Waals surface area contributed by atoms with Crippen molar-refractivity contribution in [2.75, 3.05) is 0 Å². The third-order valence-corrected chi connectivity index (χ3v) is 1.97. The molecule has 1 aromatic rings. The van der Waals surface area contributed by atoms with Crippen LogP contribution in [0.5, 0.6) is 0 Å². The van der Waals surface area contributed by atoms with Gasteiger partial charge in [0.05, 0.1) is 17.1 Å². The molecule has 1 N–H and O–H groups in total. The fraction of sp³-hybridized carbons (Fsp3) is 0.375. The van der Waals surface area contributed by atoms with Crippen LogP contribution in [0.1, 0.15) is 23.2 Å². The van der Waals surface area contributed by atoms with E-state index in [0.29, 0.717) is 0 Å². The summed E-state index contributed by atoms with van der Waals surface area (Å²) in [7, 11) is 0. The molecule has 0 bridgehead atoms. The van der Waals surface area contributed by atoms with Gasteiger partial charge in [0.15, 0.2) is 0 Å². The van der Waals surface area contributed by atoms with Gasteiger partial charge in [-0.1, -0.05) is 0 Å². The van der Waals surface area contributed by atoms with Crippen LogP contribution >= 0.6 is 0 Å². The standard InChI is InChI=1S/C8H8F2N2O3/c1-4-6(3-13)7(12(14)15)5(2-11-4)8(9)10/h2,8,13H,3H2,1H3. The summed E-state index contributed by atoms with van der Waals surface area (Å²) < 4.78 is 24.8. The number of aryl methyl sites for hydroxylation is 1. The van der Waals surface area contributed by atoms with Crippen LogP contribution in [0.15, 0.2) is 6.20 Å². The first-order chi connectivity index (χ1) is 6.99. The zero-order valence-electron chi connectivity index (χ0n) is 7.78. The second-order valence-electron chi connectivity index (χ2n) is 2.84. The Morgan fingerprint density at radius 1 is 1.67 bits per heavy atom. The molecule has 0 aromatic carbocycles. The zero-order chi connectivity index (χ0) is 11.6. The van der Waals surface area contributed by atoms with E-state index in [2.05, 4.69) is 4.98 Å². The van der Waals surface area contributed by atoms with Gasteiger partial charge in [0.25, 0.3) is 12.1 Å². The van der Waals surface area contributed by atoms with Crippen LogP contribution in [-0.4, -0.2) is 15.0 Å². The fourth-order valence-corrected chi connectivity index (χ4v) is 1.22. The number of halogens is 2. The summed E-state index contributed by atoms with van der Waals surface area (Å²) in [4.78, 5) is 13.2. The highest BCUT2D eigenvalue weighted by Gasteiger charge is 2.27. The van der Waals surface area contributed by atoms with E-state index < -0.39 is 29.2 Å². The Labute approximate surface area is 83.5 Å². The maximum Gasteiger partial charge on any atom is 0.287 e. The van der Waals surface area contributed by atoms with Crippen LogP contribution < -0.4 is 0 Å². The Morgan fingerprint density at radius 3 is 2.67 bits per heavy atom. The van der Waals surface area contributed by atoms with Crippen LogP contribution in [0.25, 0.3) is 0 Å². The Hall–Kier alpha value is -1.63. The molecule has 0 saturated carbocycles. The minimum absolute atomic E-state index is 0.169. The molecule has 1 rings (SSSR count). The molecular formula is C8H8F2N2O3. The lowest BCUT2D eigenvalue weighted by Gasteiger charge is -2.07. The molecule has 0 aliphatic carbocycles. The van der Waals surface area contributed by atoms with Gasteiger partial charge < -0.3 is 5.11 Å². The maximum absolute atomic E-state index is 12.4.